The Morgan fingerprint density at radius 1 is 1.36 bits per heavy atom. The number of hydrogen-bond acceptors (Lipinski definition) is 6. The van der Waals surface area contributed by atoms with Crippen molar-refractivity contribution in [2.24, 2.45) is 0 Å². The summed E-state index contributed by atoms with van der Waals surface area (Å²) in [7, 11) is -3.65. The van der Waals surface area contributed by atoms with E-state index in [0.29, 0.717) is 5.69 Å². The molecule has 0 amide bonds. The van der Waals surface area contributed by atoms with Crippen LogP contribution in [0.5, 0.6) is 0 Å². The molecule has 1 N–H and O–H groups in total. The Labute approximate surface area is 152 Å². The first-order chi connectivity index (χ1) is 11.8. The first-order valence-electron chi connectivity index (χ1n) is 8.04. The van der Waals surface area contributed by atoms with Gasteiger partial charge in [-0.25, -0.2) is 22.9 Å². The average molecular weight is 383 g/mol. The zero-order valence-corrected chi connectivity index (χ0v) is 16.1. The Hall–Kier alpha value is -1.77. The van der Waals surface area contributed by atoms with Gasteiger partial charge in [0.2, 0.25) is 10.0 Å². The number of esters is 1. The number of ether oxygens (including phenoxy) is 1. The van der Waals surface area contributed by atoms with Crippen molar-refractivity contribution in [3.63, 3.8) is 0 Å². The van der Waals surface area contributed by atoms with E-state index in [4.69, 9.17) is 4.74 Å². The summed E-state index contributed by atoms with van der Waals surface area (Å²) in [6.45, 7) is 5.61. The smallest absolute Gasteiger partial charge is 0.338 e. The van der Waals surface area contributed by atoms with Crippen molar-refractivity contribution in [3.05, 3.63) is 45.9 Å². The summed E-state index contributed by atoms with van der Waals surface area (Å²) in [5.74, 6) is -0.577. The van der Waals surface area contributed by atoms with E-state index in [1.807, 2.05) is 5.38 Å². The van der Waals surface area contributed by atoms with Crippen molar-refractivity contribution in [1.82, 2.24) is 9.71 Å². The summed E-state index contributed by atoms with van der Waals surface area (Å²) in [6.07, 6.45) is 1.92. The van der Waals surface area contributed by atoms with Crippen LogP contribution in [0, 0.1) is 0 Å². The van der Waals surface area contributed by atoms with Gasteiger partial charge in [0, 0.05) is 11.4 Å². The minimum atomic E-state index is -3.65. The topological polar surface area (TPSA) is 85.4 Å². The maximum absolute atomic E-state index is 12.2. The minimum Gasteiger partial charge on any atom is -0.456 e. The number of nitrogens with zero attached hydrogens (tertiary/aromatic N) is 1. The first-order valence-corrected chi connectivity index (χ1v) is 10.4. The van der Waals surface area contributed by atoms with Gasteiger partial charge in [0.1, 0.15) is 6.61 Å². The van der Waals surface area contributed by atoms with E-state index < -0.39 is 16.0 Å². The van der Waals surface area contributed by atoms with Crippen LogP contribution in [0.3, 0.4) is 0 Å². The molecular formula is C17H22N2O4S2. The van der Waals surface area contributed by atoms with Crippen LogP contribution in [0.25, 0.3) is 0 Å². The maximum atomic E-state index is 12.2. The van der Waals surface area contributed by atoms with E-state index >= 15 is 0 Å². The van der Waals surface area contributed by atoms with Crippen molar-refractivity contribution < 1.29 is 17.9 Å². The van der Waals surface area contributed by atoms with Gasteiger partial charge in [0.05, 0.1) is 21.2 Å². The monoisotopic (exact) mass is 382 g/mol. The molecule has 0 spiro atoms. The maximum Gasteiger partial charge on any atom is 0.338 e. The van der Waals surface area contributed by atoms with Crippen LogP contribution in [0.2, 0.25) is 0 Å². The van der Waals surface area contributed by atoms with Crippen LogP contribution in [0.15, 0.2) is 34.5 Å². The lowest BCUT2D eigenvalue weighted by molar-refractivity contribution is 0.0468. The molecule has 0 atom stereocenters. The van der Waals surface area contributed by atoms with Crippen LogP contribution in [0.4, 0.5) is 0 Å². The Morgan fingerprint density at radius 3 is 2.80 bits per heavy atom. The lowest BCUT2D eigenvalue weighted by Gasteiger charge is -2.10. The summed E-state index contributed by atoms with van der Waals surface area (Å²) in [5, 5.41) is 2.88. The van der Waals surface area contributed by atoms with Gasteiger partial charge in [-0.15, -0.1) is 11.3 Å². The van der Waals surface area contributed by atoms with Gasteiger partial charge in [0.25, 0.3) is 0 Å². The van der Waals surface area contributed by atoms with Gasteiger partial charge in [-0.1, -0.05) is 13.0 Å². The molecule has 1 aromatic carbocycles. The molecule has 0 aliphatic heterocycles. The molecule has 1 heterocycles. The molecule has 25 heavy (non-hydrogen) atoms. The minimum absolute atomic E-state index is 0.0366. The number of rotatable bonds is 8. The van der Waals surface area contributed by atoms with Crippen LogP contribution in [-0.4, -0.2) is 25.4 Å². The molecule has 0 saturated carbocycles. The molecule has 0 aliphatic rings. The van der Waals surface area contributed by atoms with Gasteiger partial charge < -0.3 is 4.74 Å². The van der Waals surface area contributed by atoms with Crippen molar-refractivity contribution in [3.8, 4) is 0 Å². The Bertz CT molecular complexity index is 829. The fraction of sp³-hybridized carbons (Fsp3) is 0.412. The molecule has 0 unspecified atom stereocenters. The highest BCUT2D eigenvalue weighted by molar-refractivity contribution is 7.89. The number of nitrogens with one attached hydrogen (secondary N) is 1. The van der Waals surface area contributed by atoms with Gasteiger partial charge in [0.15, 0.2) is 0 Å². The quantitative estimate of drug-likeness (QED) is 0.709. The van der Waals surface area contributed by atoms with E-state index in [0.717, 1.165) is 17.8 Å². The second-order valence-corrected chi connectivity index (χ2v) is 8.52. The van der Waals surface area contributed by atoms with E-state index in [2.05, 4.69) is 16.6 Å². The highest BCUT2D eigenvalue weighted by Gasteiger charge is 2.18. The van der Waals surface area contributed by atoms with Crippen molar-refractivity contribution in [2.45, 2.75) is 51.2 Å². The standard InChI is InChI=1S/C17H22N2O4S2/c1-4-6-16-18-14(11-24-16)10-23-17(20)13-7-5-8-15(9-13)25(21,22)19-12(2)3/h5,7-9,11-12,19H,4,6,10H2,1-3H3. The third kappa shape index (κ3) is 5.62. The molecule has 6 nitrogen and oxygen atoms in total. The number of thiazole rings is 1. The van der Waals surface area contributed by atoms with Crippen LogP contribution in [0.1, 0.15) is 48.3 Å². The van der Waals surface area contributed by atoms with Crippen LogP contribution < -0.4 is 4.72 Å². The Kier molecular flexibility index (Phi) is 6.69. The molecule has 0 fully saturated rings. The van der Waals surface area contributed by atoms with Crippen LogP contribution in [-0.2, 0) is 27.8 Å². The number of benzene rings is 1. The SMILES string of the molecule is CCCc1nc(COC(=O)c2cccc(S(=O)(=O)NC(C)C)c2)cs1. The molecule has 0 aliphatic carbocycles. The molecule has 136 valence electrons. The summed E-state index contributed by atoms with van der Waals surface area (Å²) < 4.78 is 32.1. The molecular weight excluding hydrogens is 360 g/mol. The normalized spacial score (nSPS) is 11.7. The fourth-order valence-corrected chi connectivity index (χ4v) is 4.32. The van der Waals surface area contributed by atoms with Crippen LogP contribution >= 0.6 is 11.3 Å². The third-order valence-electron chi connectivity index (χ3n) is 3.19. The first kappa shape index (κ1) is 19.6. The predicted octanol–water partition coefficient (Wildman–Crippen LogP) is 3.14. The molecule has 2 aromatic rings. The van der Waals surface area contributed by atoms with E-state index in [1.165, 1.54) is 24.3 Å². The average Bonchev–Trinajstić information content (AvgIpc) is 2.99. The van der Waals surface area contributed by atoms with Gasteiger partial charge in [-0.05, 0) is 44.9 Å². The van der Waals surface area contributed by atoms with E-state index in [9.17, 15) is 13.2 Å². The molecule has 0 bridgehead atoms. The molecule has 0 radical (unpaired) electrons. The highest BCUT2D eigenvalue weighted by atomic mass is 32.2. The molecule has 0 saturated heterocycles. The van der Waals surface area contributed by atoms with E-state index in [1.54, 1.807) is 25.2 Å². The van der Waals surface area contributed by atoms with Gasteiger partial charge in [-0.3, -0.25) is 0 Å². The lowest BCUT2D eigenvalue weighted by Crippen LogP contribution is -2.30. The number of aromatic nitrogens is 1. The van der Waals surface area contributed by atoms with Gasteiger partial charge in [-0.2, -0.15) is 0 Å². The van der Waals surface area contributed by atoms with Crippen molar-refractivity contribution >= 4 is 27.3 Å². The number of aryl methyl sites for hydroxylation is 1. The lowest BCUT2D eigenvalue weighted by atomic mass is 10.2. The summed E-state index contributed by atoms with van der Waals surface area (Å²) in [6, 6.07) is 5.58. The molecule has 8 heteroatoms. The summed E-state index contributed by atoms with van der Waals surface area (Å²) >= 11 is 1.54. The number of carbonyl (C=O) groups is 1. The largest absolute Gasteiger partial charge is 0.456 e. The van der Waals surface area contributed by atoms with Crippen molar-refractivity contribution in [2.75, 3.05) is 0 Å². The predicted molar refractivity (Wildman–Crippen MR) is 97.1 cm³/mol. The zero-order chi connectivity index (χ0) is 18.4. The van der Waals surface area contributed by atoms with Gasteiger partial charge >= 0.3 is 5.97 Å². The van der Waals surface area contributed by atoms with E-state index in [-0.39, 0.29) is 23.1 Å². The highest BCUT2D eigenvalue weighted by Crippen LogP contribution is 2.15. The molecule has 1 aromatic heterocycles. The number of hydrogen-bond donors (Lipinski definition) is 1. The van der Waals surface area contributed by atoms with Crippen molar-refractivity contribution in [1.29, 1.82) is 0 Å². The number of carbonyl (C=O) groups excluding carboxylic acids is 1. The molecule has 2 rings (SSSR count). The Balaban J connectivity index is 2.05. The summed E-state index contributed by atoms with van der Waals surface area (Å²) in [5.41, 5.74) is 0.891. The number of sulfonamides is 1. The zero-order valence-electron chi connectivity index (χ0n) is 14.5. The summed E-state index contributed by atoms with van der Waals surface area (Å²) in [4.78, 5) is 16.6. The Morgan fingerprint density at radius 2 is 2.12 bits per heavy atom. The fourth-order valence-electron chi connectivity index (χ4n) is 2.14. The second-order valence-electron chi connectivity index (χ2n) is 5.86. The second kappa shape index (κ2) is 8.55. The third-order valence-corrected chi connectivity index (χ3v) is 5.80.